The molecule has 0 spiro atoms. The summed E-state index contributed by atoms with van der Waals surface area (Å²) in [5.74, 6) is -1.20. The highest BCUT2D eigenvalue weighted by molar-refractivity contribution is 5.75. The second-order valence-electron chi connectivity index (χ2n) is 4.38. The molecule has 1 aromatic rings. The molecule has 1 unspecified atom stereocenters. The fourth-order valence-electron chi connectivity index (χ4n) is 2.10. The van der Waals surface area contributed by atoms with E-state index in [1.807, 2.05) is 18.7 Å². The Morgan fingerprint density at radius 1 is 1.44 bits per heavy atom. The van der Waals surface area contributed by atoms with Crippen molar-refractivity contribution in [3.8, 4) is 0 Å². The van der Waals surface area contributed by atoms with Crippen LogP contribution in [0.15, 0.2) is 18.2 Å². The first kappa shape index (κ1) is 14.6. The molecule has 4 heteroatoms. The monoisotopic (exact) mass is 253 g/mol. The molecule has 0 fully saturated rings. The lowest BCUT2D eigenvalue weighted by Crippen LogP contribution is -2.34. The Bertz CT molecular complexity index is 420. The predicted molar refractivity (Wildman–Crippen MR) is 69.1 cm³/mol. The van der Waals surface area contributed by atoms with Gasteiger partial charge in [-0.25, -0.2) is 4.39 Å². The smallest absolute Gasteiger partial charge is 0.325 e. The number of rotatable bonds is 6. The van der Waals surface area contributed by atoms with Crippen LogP contribution in [-0.2, 0) is 4.79 Å². The second kappa shape index (κ2) is 6.50. The molecule has 100 valence electrons. The first-order valence-corrected chi connectivity index (χ1v) is 6.24. The zero-order valence-electron chi connectivity index (χ0n) is 11.1. The molecular weight excluding hydrogens is 233 g/mol. The van der Waals surface area contributed by atoms with Gasteiger partial charge in [0.15, 0.2) is 0 Å². The maximum absolute atomic E-state index is 13.2. The van der Waals surface area contributed by atoms with Crippen LogP contribution in [0.3, 0.4) is 0 Å². The first-order valence-electron chi connectivity index (χ1n) is 6.24. The lowest BCUT2D eigenvalue weighted by molar-refractivity contribution is -0.143. The molecule has 0 aliphatic carbocycles. The molecule has 1 atom stereocenters. The SMILES string of the molecule is CCCN(CC)C(C(=O)O)c1ccc(F)c(C)c1. The molecule has 0 saturated heterocycles. The number of carboxylic acid groups (broad SMARTS) is 1. The summed E-state index contributed by atoms with van der Waals surface area (Å²) < 4.78 is 13.2. The Balaban J connectivity index is 3.10. The summed E-state index contributed by atoms with van der Waals surface area (Å²) in [5.41, 5.74) is 1.11. The van der Waals surface area contributed by atoms with Crippen LogP contribution in [0.4, 0.5) is 4.39 Å². The fourth-order valence-corrected chi connectivity index (χ4v) is 2.10. The van der Waals surface area contributed by atoms with Gasteiger partial charge in [0.1, 0.15) is 11.9 Å². The van der Waals surface area contributed by atoms with Crippen molar-refractivity contribution in [2.75, 3.05) is 13.1 Å². The summed E-state index contributed by atoms with van der Waals surface area (Å²) in [6.45, 7) is 6.96. The van der Waals surface area contributed by atoms with E-state index in [1.165, 1.54) is 6.07 Å². The largest absolute Gasteiger partial charge is 0.480 e. The summed E-state index contributed by atoms with van der Waals surface area (Å²) in [7, 11) is 0. The Hall–Kier alpha value is -1.42. The average Bonchev–Trinajstić information content (AvgIpc) is 2.32. The summed E-state index contributed by atoms with van der Waals surface area (Å²) in [6.07, 6.45) is 0.887. The van der Waals surface area contributed by atoms with Crippen LogP contribution in [0.1, 0.15) is 37.4 Å². The van der Waals surface area contributed by atoms with Gasteiger partial charge in [-0.3, -0.25) is 9.69 Å². The van der Waals surface area contributed by atoms with Crippen molar-refractivity contribution < 1.29 is 14.3 Å². The van der Waals surface area contributed by atoms with Crippen molar-refractivity contribution in [3.05, 3.63) is 35.1 Å². The van der Waals surface area contributed by atoms with E-state index in [9.17, 15) is 14.3 Å². The van der Waals surface area contributed by atoms with Gasteiger partial charge < -0.3 is 5.11 Å². The van der Waals surface area contributed by atoms with Crippen LogP contribution >= 0.6 is 0 Å². The van der Waals surface area contributed by atoms with Gasteiger partial charge in [0.05, 0.1) is 0 Å². The molecule has 0 heterocycles. The highest BCUT2D eigenvalue weighted by Gasteiger charge is 2.26. The van der Waals surface area contributed by atoms with E-state index in [2.05, 4.69) is 0 Å². The third kappa shape index (κ3) is 3.29. The van der Waals surface area contributed by atoms with Gasteiger partial charge in [-0.2, -0.15) is 0 Å². The Kier molecular flexibility index (Phi) is 5.28. The van der Waals surface area contributed by atoms with Crippen LogP contribution in [0.25, 0.3) is 0 Å². The molecule has 0 aliphatic rings. The summed E-state index contributed by atoms with van der Waals surface area (Å²) >= 11 is 0. The molecule has 1 rings (SSSR count). The van der Waals surface area contributed by atoms with Gasteiger partial charge in [0.2, 0.25) is 0 Å². The van der Waals surface area contributed by atoms with Crippen molar-refractivity contribution in [1.29, 1.82) is 0 Å². The maximum Gasteiger partial charge on any atom is 0.325 e. The van der Waals surface area contributed by atoms with Crippen LogP contribution in [-0.4, -0.2) is 29.1 Å². The van der Waals surface area contributed by atoms with Crippen molar-refractivity contribution >= 4 is 5.97 Å². The highest BCUT2D eigenvalue weighted by Crippen LogP contribution is 2.23. The zero-order valence-corrected chi connectivity index (χ0v) is 11.1. The van der Waals surface area contributed by atoms with Crippen LogP contribution in [0, 0.1) is 12.7 Å². The molecule has 0 radical (unpaired) electrons. The molecule has 1 N–H and O–H groups in total. The van der Waals surface area contributed by atoms with E-state index in [4.69, 9.17) is 0 Å². The van der Waals surface area contributed by atoms with Gasteiger partial charge in [0.25, 0.3) is 0 Å². The first-order chi connectivity index (χ1) is 8.51. The number of benzene rings is 1. The number of aliphatic carboxylic acids is 1. The summed E-state index contributed by atoms with van der Waals surface area (Å²) in [5, 5.41) is 9.38. The van der Waals surface area contributed by atoms with Crippen LogP contribution in [0.2, 0.25) is 0 Å². The summed E-state index contributed by atoms with van der Waals surface area (Å²) in [4.78, 5) is 13.3. The fraction of sp³-hybridized carbons (Fsp3) is 0.500. The Labute approximate surface area is 107 Å². The molecule has 0 aromatic heterocycles. The minimum absolute atomic E-state index is 0.304. The number of halogens is 1. The minimum Gasteiger partial charge on any atom is -0.480 e. The number of nitrogens with zero attached hydrogens (tertiary/aromatic N) is 1. The predicted octanol–water partition coefficient (Wildman–Crippen LogP) is 2.99. The van der Waals surface area contributed by atoms with Crippen molar-refractivity contribution in [3.63, 3.8) is 0 Å². The zero-order chi connectivity index (χ0) is 13.7. The van der Waals surface area contributed by atoms with E-state index in [1.54, 1.807) is 19.1 Å². The van der Waals surface area contributed by atoms with E-state index in [0.29, 0.717) is 24.2 Å². The molecule has 0 amide bonds. The second-order valence-corrected chi connectivity index (χ2v) is 4.38. The number of likely N-dealkylation sites (N-methyl/N-ethyl adjacent to an activating group) is 1. The highest BCUT2D eigenvalue weighted by atomic mass is 19.1. The number of hydrogen-bond donors (Lipinski definition) is 1. The minimum atomic E-state index is -0.892. The molecule has 0 bridgehead atoms. The average molecular weight is 253 g/mol. The van der Waals surface area contributed by atoms with E-state index < -0.39 is 12.0 Å². The number of hydrogen-bond acceptors (Lipinski definition) is 2. The maximum atomic E-state index is 13.2. The molecule has 0 saturated carbocycles. The van der Waals surface area contributed by atoms with Crippen LogP contribution in [0.5, 0.6) is 0 Å². The van der Waals surface area contributed by atoms with E-state index in [-0.39, 0.29) is 5.82 Å². The van der Waals surface area contributed by atoms with E-state index >= 15 is 0 Å². The molecular formula is C14H20FNO2. The standard InChI is InChI=1S/C14H20FNO2/c1-4-8-16(5-2)13(14(17)18)11-6-7-12(15)10(3)9-11/h6-7,9,13H,4-5,8H2,1-3H3,(H,17,18). The Morgan fingerprint density at radius 3 is 2.56 bits per heavy atom. The van der Waals surface area contributed by atoms with Gasteiger partial charge in [0, 0.05) is 0 Å². The van der Waals surface area contributed by atoms with Crippen molar-refractivity contribution in [1.82, 2.24) is 4.90 Å². The van der Waals surface area contributed by atoms with Crippen molar-refractivity contribution in [2.24, 2.45) is 0 Å². The molecule has 18 heavy (non-hydrogen) atoms. The van der Waals surface area contributed by atoms with Gasteiger partial charge in [-0.05, 0) is 43.6 Å². The Morgan fingerprint density at radius 2 is 2.11 bits per heavy atom. The molecule has 1 aromatic carbocycles. The van der Waals surface area contributed by atoms with Gasteiger partial charge in [-0.15, -0.1) is 0 Å². The van der Waals surface area contributed by atoms with Crippen molar-refractivity contribution in [2.45, 2.75) is 33.2 Å². The lowest BCUT2D eigenvalue weighted by atomic mass is 10.0. The molecule has 0 aliphatic heterocycles. The number of aryl methyl sites for hydroxylation is 1. The number of carboxylic acids is 1. The third-order valence-electron chi connectivity index (χ3n) is 3.01. The van der Waals surface area contributed by atoms with Gasteiger partial charge in [-0.1, -0.05) is 26.0 Å². The quantitative estimate of drug-likeness (QED) is 0.847. The van der Waals surface area contributed by atoms with Gasteiger partial charge >= 0.3 is 5.97 Å². The normalized spacial score (nSPS) is 12.7. The van der Waals surface area contributed by atoms with E-state index in [0.717, 1.165) is 6.42 Å². The topological polar surface area (TPSA) is 40.5 Å². The number of carbonyl (C=O) groups is 1. The molecule has 3 nitrogen and oxygen atoms in total. The third-order valence-corrected chi connectivity index (χ3v) is 3.01. The summed E-state index contributed by atoms with van der Waals surface area (Å²) in [6, 6.07) is 3.81. The van der Waals surface area contributed by atoms with Crippen LogP contribution < -0.4 is 0 Å². The lowest BCUT2D eigenvalue weighted by Gasteiger charge is -2.27.